The summed E-state index contributed by atoms with van der Waals surface area (Å²) in [7, 11) is 1.61. The minimum Gasteiger partial charge on any atom is -0.497 e. The van der Waals surface area contributed by atoms with E-state index in [0.717, 1.165) is 22.6 Å². The number of carbonyl (C=O) groups is 2. The quantitative estimate of drug-likeness (QED) is 0.547. The molecule has 0 saturated heterocycles. The van der Waals surface area contributed by atoms with Crippen LogP contribution in [-0.2, 0) is 9.59 Å². The average Bonchev–Trinajstić information content (AvgIpc) is 3.39. The van der Waals surface area contributed by atoms with Crippen LogP contribution in [-0.4, -0.2) is 23.8 Å². The van der Waals surface area contributed by atoms with Crippen LogP contribution in [0.4, 0.5) is 5.82 Å². The molecule has 0 spiro atoms. The molecule has 3 aromatic rings. The van der Waals surface area contributed by atoms with Gasteiger partial charge in [-0.2, -0.15) is 0 Å². The number of dihydropyridines is 1. The molecule has 0 fully saturated rings. The maximum Gasteiger partial charge on any atom is 0.255 e. The molecule has 1 aromatic carbocycles. The van der Waals surface area contributed by atoms with E-state index >= 15 is 0 Å². The maximum atomic E-state index is 13.6. The molecule has 1 aliphatic carbocycles. The molecule has 2 N–H and O–H groups in total. The first-order valence-electron chi connectivity index (χ1n) is 11.6. The second-order valence-corrected chi connectivity index (χ2v) is 8.98. The van der Waals surface area contributed by atoms with Crippen LogP contribution in [0, 0.1) is 6.92 Å². The van der Waals surface area contributed by atoms with Crippen molar-refractivity contribution in [3.8, 4) is 5.75 Å². The number of Topliss-reactive ketones (excluding diaryl/α,β-unsaturated/α-hetero) is 1. The van der Waals surface area contributed by atoms with Gasteiger partial charge in [0.1, 0.15) is 17.3 Å². The van der Waals surface area contributed by atoms with Crippen LogP contribution in [0.3, 0.4) is 0 Å². The fourth-order valence-electron chi connectivity index (χ4n) is 4.92. The number of pyridine rings is 1. The standard InChI is InChI=1S/C28H27N3O4/c1-16-6-11-24(29-15-16)31-28(33)25-17(2)30-21-13-19(23-5-4-12-35-23)14-22(32)27(21)26(25)18-7-9-20(34-3)10-8-18/h4-12,15,19,26,30H,13-14H2,1-3H3,(H,29,31,33)/t19-,26+/m1/s1. The van der Waals surface area contributed by atoms with Gasteiger partial charge >= 0.3 is 0 Å². The molecule has 2 aliphatic rings. The molecule has 0 saturated carbocycles. The molecule has 7 heteroatoms. The SMILES string of the molecule is COc1ccc([C@H]2C(C(=O)Nc3ccc(C)cn3)=C(C)NC3=C2C(=O)C[C@H](c2ccco2)C3)cc1. The predicted molar refractivity (Wildman–Crippen MR) is 132 cm³/mol. The lowest BCUT2D eigenvalue weighted by Crippen LogP contribution is -2.37. The summed E-state index contributed by atoms with van der Waals surface area (Å²) in [6.07, 6.45) is 4.29. The number of ketones is 1. The molecule has 0 bridgehead atoms. The van der Waals surface area contributed by atoms with Crippen molar-refractivity contribution in [2.24, 2.45) is 0 Å². The molecule has 1 amide bonds. The fourth-order valence-corrected chi connectivity index (χ4v) is 4.92. The summed E-state index contributed by atoms with van der Waals surface area (Å²) in [5, 5.41) is 6.29. The van der Waals surface area contributed by atoms with E-state index in [1.165, 1.54) is 0 Å². The zero-order valence-corrected chi connectivity index (χ0v) is 19.9. The lowest BCUT2D eigenvalue weighted by Gasteiger charge is -2.36. The minimum atomic E-state index is -0.507. The summed E-state index contributed by atoms with van der Waals surface area (Å²) < 4.78 is 10.9. The van der Waals surface area contributed by atoms with Crippen molar-refractivity contribution in [2.45, 2.75) is 38.5 Å². The van der Waals surface area contributed by atoms with Gasteiger partial charge in [0.2, 0.25) is 0 Å². The second kappa shape index (κ2) is 9.25. The van der Waals surface area contributed by atoms with Crippen LogP contribution >= 0.6 is 0 Å². The van der Waals surface area contributed by atoms with Gasteiger partial charge < -0.3 is 19.8 Å². The first-order chi connectivity index (χ1) is 16.9. The smallest absolute Gasteiger partial charge is 0.255 e. The van der Waals surface area contributed by atoms with E-state index in [1.54, 1.807) is 25.6 Å². The van der Waals surface area contributed by atoms with E-state index in [0.29, 0.717) is 41.3 Å². The average molecular weight is 470 g/mol. The van der Waals surface area contributed by atoms with E-state index in [1.807, 2.05) is 56.3 Å². The number of ether oxygens (including phenoxy) is 1. The Bertz CT molecular complexity index is 1320. The molecule has 0 radical (unpaired) electrons. The van der Waals surface area contributed by atoms with Crippen LogP contribution in [0.1, 0.15) is 48.5 Å². The zero-order chi connectivity index (χ0) is 24.5. The van der Waals surface area contributed by atoms with E-state index in [9.17, 15) is 9.59 Å². The van der Waals surface area contributed by atoms with Crippen molar-refractivity contribution in [3.05, 3.63) is 100 Å². The predicted octanol–water partition coefficient (Wildman–Crippen LogP) is 4.99. The number of carbonyl (C=O) groups excluding carboxylic acids is 2. The number of rotatable bonds is 5. The molecule has 2 aromatic heterocycles. The van der Waals surface area contributed by atoms with Crippen LogP contribution in [0.5, 0.6) is 5.75 Å². The van der Waals surface area contributed by atoms with Crippen molar-refractivity contribution in [1.82, 2.24) is 10.3 Å². The van der Waals surface area contributed by atoms with E-state index in [-0.39, 0.29) is 17.6 Å². The summed E-state index contributed by atoms with van der Waals surface area (Å²) in [6, 6.07) is 14.9. The number of allylic oxidation sites excluding steroid dienone is 3. The number of nitrogens with one attached hydrogen (secondary N) is 2. The lowest BCUT2D eigenvalue weighted by molar-refractivity contribution is -0.116. The number of aromatic nitrogens is 1. The number of nitrogens with zero attached hydrogens (tertiary/aromatic N) is 1. The van der Waals surface area contributed by atoms with Gasteiger partial charge in [-0.3, -0.25) is 9.59 Å². The van der Waals surface area contributed by atoms with Gasteiger partial charge in [-0.25, -0.2) is 4.98 Å². The molecule has 2 atom stereocenters. The van der Waals surface area contributed by atoms with E-state index in [4.69, 9.17) is 9.15 Å². The van der Waals surface area contributed by atoms with Gasteiger partial charge in [-0.15, -0.1) is 0 Å². The van der Waals surface area contributed by atoms with Crippen molar-refractivity contribution in [3.63, 3.8) is 0 Å². The largest absolute Gasteiger partial charge is 0.497 e. The molecule has 178 valence electrons. The molecule has 1 aliphatic heterocycles. The monoisotopic (exact) mass is 469 g/mol. The number of anilines is 1. The molecule has 3 heterocycles. The summed E-state index contributed by atoms with van der Waals surface area (Å²) in [6.45, 7) is 3.81. The van der Waals surface area contributed by atoms with Gasteiger partial charge in [0.05, 0.1) is 13.4 Å². The highest BCUT2D eigenvalue weighted by Crippen LogP contribution is 2.45. The van der Waals surface area contributed by atoms with Crippen LogP contribution < -0.4 is 15.4 Å². The van der Waals surface area contributed by atoms with Crippen LogP contribution in [0.2, 0.25) is 0 Å². The van der Waals surface area contributed by atoms with Gasteiger partial charge in [0, 0.05) is 47.0 Å². The molecule has 35 heavy (non-hydrogen) atoms. The van der Waals surface area contributed by atoms with E-state index in [2.05, 4.69) is 15.6 Å². The third kappa shape index (κ3) is 4.37. The highest BCUT2D eigenvalue weighted by molar-refractivity contribution is 6.09. The van der Waals surface area contributed by atoms with Crippen molar-refractivity contribution in [2.75, 3.05) is 12.4 Å². The molecular formula is C28H27N3O4. The van der Waals surface area contributed by atoms with Crippen molar-refractivity contribution >= 4 is 17.5 Å². The van der Waals surface area contributed by atoms with E-state index < -0.39 is 5.92 Å². The number of methoxy groups -OCH3 is 1. The number of hydrogen-bond acceptors (Lipinski definition) is 6. The molecule has 0 unspecified atom stereocenters. The topological polar surface area (TPSA) is 93.5 Å². The normalized spacial score (nSPS) is 19.8. The first kappa shape index (κ1) is 22.7. The number of furan rings is 1. The summed E-state index contributed by atoms with van der Waals surface area (Å²) in [5.74, 6) is 1.13. The third-order valence-corrected chi connectivity index (χ3v) is 6.62. The fraction of sp³-hybridized carbons (Fsp3) is 0.250. The Balaban J connectivity index is 1.55. The van der Waals surface area contributed by atoms with Gasteiger partial charge in [0.25, 0.3) is 5.91 Å². The highest BCUT2D eigenvalue weighted by atomic mass is 16.5. The van der Waals surface area contributed by atoms with Crippen molar-refractivity contribution < 1.29 is 18.7 Å². The summed E-state index contributed by atoms with van der Waals surface area (Å²) in [5.41, 5.74) is 4.54. The Morgan fingerprint density at radius 1 is 1.11 bits per heavy atom. The van der Waals surface area contributed by atoms with Crippen LogP contribution in [0.15, 0.2) is 87.9 Å². The minimum absolute atomic E-state index is 0.00669. The Hall–Kier alpha value is -4.13. The Morgan fingerprint density at radius 3 is 2.57 bits per heavy atom. The molecule has 7 nitrogen and oxygen atoms in total. The Kier molecular flexibility index (Phi) is 5.99. The Labute approximate surface area is 203 Å². The van der Waals surface area contributed by atoms with Gasteiger partial charge in [-0.1, -0.05) is 18.2 Å². The molecular weight excluding hydrogens is 442 g/mol. The number of hydrogen-bond donors (Lipinski definition) is 2. The number of benzene rings is 1. The second-order valence-electron chi connectivity index (χ2n) is 8.98. The first-order valence-corrected chi connectivity index (χ1v) is 11.6. The number of amides is 1. The van der Waals surface area contributed by atoms with Crippen LogP contribution in [0.25, 0.3) is 0 Å². The number of aryl methyl sites for hydroxylation is 1. The Morgan fingerprint density at radius 2 is 1.91 bits per heavy atom. The van der Waals surface area contributed by atoms with Gasteiger partial charge in [0.15, 0.2) is 5.78 Å². The molecule has 5 rings (SSSR count). The zero-order valence-electron chi connectivity index (χ0n) is 19.9. The summed E-state index contributed by atoms with van der Waals surface area (Å²) in [4.78, 5) is 31.5. The summed E-state index contributed by atoms with van der Waals surface area (Å²) >= 11 is 0. The highest BCUT2D eigenvalue weighted by Gasteiger charge is 2.41. The third-order valence-electron chi connectivity index (χ3n) is 6.62. The lowest BCUT2D eigenvalue weighted by atomic mass is 9.72. The maximum absolute atomic E-state index is 13.6. The van der Waals surface area contributed by atoms with Gasteiger partial charge in [-0.05, 0) is 61.7 Å². The van der Waals surface area contributed by atoms with Crippen molar-refractivity contribution in [1.29, 1.82) is 0 Å².